The van der Waals surface area contributed by atoms with Gasteiger partial charge in [0.15, 0.2) is 5.96 Å². The fourth-order valence-corrected chi connectivity index (χ4v) is 1.36. The number of aromatic nitrogens is 2. The maximum absolute atomic E-state index is 5.23. The van der Waals surface area contributed by atoms with Crippen molar-refractivity contribution >= 4 is 5.96 Å². The van der Waals surface area contributed by atoms with Gasteiger partial charge in [-0.25, -0.2) is 9.97 Å². The predicted octanol–water partition coefficient (Wildman–Crippen LogP) is 0.170. The Morgan fingerprint density at radius 1 is 1.33 bits per heavy atom. The SMILES string of the molecule is NC(N)=NCCc1cnc(C2CC2)nc1. The third kappa shape index (κ3) is 2.90. The van der Waals surface area contributed by atoms with Gasteiger partial charge in [-0.1, -0.05) is 0 Å². The van der Waals surface area contributed by atoms with E-state index in [0.29, 0.717) is 12.5 Å². The van der Waals surface area contributed by atoms with E-state index in [1.807, 2.05) is 12.4 Å². The quantitative estimate of drug-likeness (QED) is 0.541. The second-order valence-electron chi connectivity index (χ2n) is 3.78. The molecule has 1 aliphatic rings. The minimum atomic E-state index is 0.130. The first-order chi connectivity index (χ1) is 7.25. The Balaban J connectivity index is 1.89. The number of hydrogen-bond donors (Lipinski definition) is 2. The van der Waals surface area contributed by atoms with Gasteiger partial charge in [0.25, 0.3) is 0 Å². The third-order valence-electron chi connectivity index (χ3n) is 2.36. The summed E-state index contributed by atoms with van der Waals surface area (Å²) < 4.78 is 0. The van der Waals surface area contributed by atoms with Crippen LogP contribution in [0.25, 0.3) is 0 Å². The van der Waals surface area contributed by atoms with Gasteiger partial charge in [0.1, 0.15) is 5.82 Å². The molecule has 4 N–H and O–H groups in total. The van der Waals surface area contributed by atoms with Crippen LogP contribution in [0, 0.1) is 0 Å². The van der Waals surface area contributed by atoms with E-state index in [2.05, 4.69) is 15.0 Å². The molecule has 0 spiro atoms. The molecule has 5 heteroatoms. The van der Waals surface area contributed by atoms with Crippen molar-refractivity contribution < 1.29 is 0 Å². The highest BCUT2D eigenvalue weighted by Crippen LogP contribution is 2.37. The average molecular weight is 205 g/mol. The second-order valence-corrected chi connectivity index (χ2v) is 3.78. The maximum Gasteiger partial charge on any atom is 0.185 e. The number of nitrogens with two attached hydrogens (primary N) is 2. The van der Waals surface area contributed by atoms with E-state index in [1.165, 1.54) is 12.8 Å². The number of nitrogens with zero attached hydrogens (tertiary/aromatic N) is 3. The minimum absolute atomic E-state index is 0.130. The number of guanidine groups is 1. The van der Waals surface area contributed by atoms with Crippen molar-refractivity contribution in [3.05, 3.63) is 23.8 Å². The molecule has 0 atom stereocenters. The molecule has 1 aliphatic carbocycles. The highest BCUT2D eigenvalue weighted by Gasteiger charge is 2.25. The van der Waals surface area contributed by atoms with Crippen molar-refractivity contribution in [2.24, 2.45) is 16.5 Å². The molecule has 0 unspecified atom stereocenters. The zero-order chi connectivity index (χ0) is 10.7. The Morgan fingerprint density at radius 3 is 2.53 bits per heavy atom. The Morgan fingerprint density at radius 2 is 2.00 bits per heavy atom. The summed E-state index contributed by atoms with van der Waals surface area (Å²) in [6.07, 6.45) is 6.97. The van der Waals surface area contributed by atoms with Crippen LogP contribution in [0.1, 0.15) is 30.1 Å². The van der Waals surface area contributed by atoms with E-state index < -0.39 is 0 Å². The molecular formula is C10H15N5. The highest BCUT2D eigenvalue weighted by molar-refractivity contribution is 5.75. The second kappa shape index (κ2) is 4.25. The zero-order valence-corrected chi connectivity index (χ0v) is 8.56. The van der Waals surface area contributed by atoms with E-state index in [1.54, 1.807) is 0 Å². The fourth-order valence-electron chi connectivity index (χ4n) is 1.36. The van der Waals surface area contributed by atoms with Crippen LogP contribution in [0.3, 0.4) is 0 Å². The van der Waals surface area contributed by atoms with Crippen LogP contribution in [-0.4, -0.2) is 22.5 Å². The first-order valence-corrected chi connectivity index (χ1v) is 5.12. The molecule has 0 bridgehead atoms. The molecule has 15 heavy (non-hydrogen) atoms. The maximum atomic E-state index is 5.23. The van der Waals surface area contributed by atoms with Gasteiger partial charge in [-0.2, -0.15) is 0 Å². The van der Waals surface area contributed by atoms with E-state index in [0.717, 1.165) is 17.8 Å². The summed E-state index contributed by atoms with van der Waals surface area (Å²) in [6.45, 7) is 0.592. The monoisotopic (exact) mass is 205 g/mol. The average Bonchev–Trinajstić information content (AvgIpc) is 3.02. The summed E-state index contributed by atoms with van der Waals surface area (Å²) in [5, 5.41) is 0. The summed E-state index contributed by atoms with van der Waals surface area (Å²) in [7, 11) is 0. The highest BCUT2D eigenvalue weighted by atomic mass is 15.0. The Labute approximate surface area is 88.6 Å². The summed E-state index contributed by atoms with van der Waals surface area (Å²) >= 11 is 0. The third-order valence-corrected chi connectivity index (χ3v) is 2.36. The molecule has 1 aromatic rings. The van der Waals surface area contributed by atoms with Crippen molar-refractivity contribution in [3.8, 4) is 0 Å². The molecule has 0 amide bonds. The van der Waals surface area contributed by atoms with Crippen LogP contribution < -0.4 is 11.5 Å². The normalized spacial score (nSPS) is 14.9. The Kier molecular flexibility index (Phi) is 2.80. The predicted molar refractivity (Wildman–Crippen MR) is 58.4 cm³/mol. The lowest BCUT2D eigenvalue weighted by Gasteiger charge is -1.99. The first kappa shape index (κ1) is 9.89. The number of aliphatic imine (C=N–C) groups is 1. The molecule has 1 aromatic heterocycles. The van der Waals surface area contributed by atoms with Crippen LogP contribution in [0.2, 0.25) is 0 Å². The van der Waals surface area contributed by atoms with Gasteiger partial charge < -0.3 is 11.5 Å². The summed E-state index contributed by atoms with van der Waals surface area (Å²) in [6, 6.07) is 0. The van der Waals surface area contributed by atoms with Gasteiger partial charge >= 0.3 is 0 Å². The van der Waals surface area contributed by atoms with E-state index in [-0.39, 0.29) is 5.96 Å². The summed E-state index contributed by atoms with van der Waals surface area (Å²) in [5.74, 6) is 1.71. The molecule has 80 valence electrons. The molecule has 0 radical (unpaired) electrons. The molecule has 2 rings (SSSR count). The van der Waals surface area contributed by atoms with Gasteiger partial charge in [-0.15, -0.1) is 0 Å². The summed E-state index contributed by atoms with van der Waals surface area (Å²) in [5.41, 5.74) is 11.5. The zero-order valence-electron chi connectivity index (χ0n) is 8.56. The van der Waals surface area contributed by atoms with Crippen molar-refractivity contribution in [1.82, 2.24) is 9.97 Å². The van der Waals surface area contributed by atoms with E-state index in [4.69, 9.17) is 11.5 Å². The molecular weight excluding hydrogens is 190 g/mol. The van der Waals surface area contributed by atoms with Crippen LogP contribution in [0.15, 0.2) is 17.4 Å². The van der Waals surface area contributed by atoms with Gasteiger partial charge in [-0.3, -0.25) is 4.99 Å². The van der Waals surface area contributed by atoms with E-state index in [9.17, 15) is 0 Å². The van der Waals surface area contributed by atoms with Gasteiger partial charge in [0.05, 0.1) is 0 Å². The smallest absolute Gasteiger partial charge is 0.185 e. The summed E-state index contributed by atoms with van der Waals surface area (Å²) in [4.78, 5) is 12.5. The van der Waals surface area contributed by atoms with E-state index >= 15 is 0 Å². The minimum Gasteiger partial charge on any atom is -0.370 e. The molecule has 0 aromatic carbocycles. The van der Waals surface area contributed by atoms with Gasteiger partial charge in [0.2, 0.25) is 0 Å². The molecule has 1 saturated carbocycles. The molecule has 0 aliphatic heterocycles. The van der Waals surface area contributed by atoms with Crippen LogP contribution in [0.4, 0.5) is 0 Å². The van der Waals surface area contributed by atoms with Crippen molar-refractivity contribution in [1.29, 1.82) is 0 Å². The standard InChI is InChI=1S/C10H15N5/c11-10(12)13-4-3-7-5-14-9(15-6-7)8-1-2-8/h5-6,8H,1-4H2,(H4,11,12,13). The molecule has 0 saturated heterocycles. The van der Waals surface area contributed by atoms with Crippen molar-refractivity contribution in [2.75, 3.05) is 6.54 Å². The lowest BCUT2D eigenvalue weighted by Crippen LogP contribution is -2.23. The van der Waals surface area contributed by atoms with Gasteiger partial charge in [0, 0.05) is 24.9 Å². The first-order valence-electron chi connectivity index (χ1n) is 5.12. The topological polar surface area (TPSA) is 90.2 Å². The van der Waals surface area contributed by atoms with Gasteiger partial charge in [-0.05, 0) is 24.8 Å². The van der Waals surface area contributed by atoms with Crippen LogP contribution >= 0.6 is 0 Å². The molecule has 5 nitrogen and oxygen atoms in total. The molecule has 1 fully saturated rings. The number of hydrogen-bond acceptors (Lipinski definition) is 3. The number of rotatable bonds is 4. The van der Waals surface area contributed by atoms with Crippen molar-refractivity contribution in [2.45, 2.75) is 25.2 Å². The molecule has 1 heterocycles. The van der Waals surface area contributed by atoms with Crippen molar-refractivity contribution in [3.63, 3.8) is 0 Å². The Hall–Kier alpha value is -1.65. The lowest BCUT2D eigenvalue weighted by molar-refractivity contribution is 0.880. The van der Waals surface area contributed by atoms with Crippen LogP contribution in [-0.2, 0) is 6.42 Å². The largest absolute Gasteiger partial charge is 0.370 e. The fraction of sp³-hybridized carbons (Fsp3) is 0.500. The lowest BCUT2D eigenvalue weighted by atomic mass is 10.2. The Bertz CT molecular complexity index is 349. The van der Waals surface area contributed by atoms with Crippen LogP contribution in [0.5, 0.6) is 0 Å².